The van der Waals surface area contributed by atoms with Crippen LogP contribution in [0.25, 0.3) is 0 Å². The molecule has 0 saturated carbocycles. The van der Waals surface area contributed by atoms with E-state index in [1.807, 2.05) is 0 Å². The molecule has 0 aliphatic carbocycles. The van der Waals surface area contributed by atoms with Crippen LogP contribution in [0.2, 0.25) is 0 Å². The van der Waals surface area contributed by atoms with Gasteiger partial charge in [0.05, 0.1) is 13.2 Å². The Hall–Kier alpha value is -1.06. The molecule has 1 saturated heterocycles. The second kappa shape index (κ2) is 6.21. The first-order chi connectivity index (χ1) is 8.70. The summed E-state index contributed by atoms with van der Waals surface area (Å²) in [6, 6.07) is 4.36. The van der Waals surface area contributed by atoms with E-state index in [1.54, 1.807) is 0 Å². The highest BCUT2D eigenvalue weighted by Gasteiger charge is 2.17. The van der Waals surface area contributed by atoms with Gasteiger partial charge in [0.2, 0.25) is 0 Å². The fraction of sp³-hybridized carbons (Fsp3) is 0.600. The molecular formula is C15H23NO2. The molecule has 1 unspecified atom stereocenters. The smallest absolute Gasteiger partial charge is 0.125 e. The monoisotopic (exact) mass is 249 g/mol. The quantitative estimate of drug-likeness (QED) is 0.870. The number of rotatable bonds is 5. The van der Waals surface area contributed by atoms with E-state index in [9.17, 15) is 0 Å². The molecule has 2 N–H and O–H groups in total. The average molecular weight is 249 g/mol. The standard InChI is InChI=1S/C15H23NO2/c1-11-7-13(3-5-16)8-12(2)15(11)18-10-14-4-6-17-9-14/h7-8,14H,3-6,9-10,16H2,1-2H3. The summed E-state index contributed by atoms with van der Waals surface area (Å²) in [5.74, 6) is 1.58. The van der Waals surface area contributed by atoms with Crippen molar-refractivity contribution in [1.82, 2.24) is 0 Å². The first kappa shape index (κ1) is 13.4. The summed E-state index contributed by atoms with van der Waals surface area (Å²) in [6.07, 6.45) is 2.04. The van der Waals surface area contributed by atoms with Gasteiger partial charge in [-0.1, -0.05) is 12.1 Å². The minimum atomic E-state index is 0.549. The van der Waals surface area contributed by atoms with Gasteiger partial charge in [-0.2, -0.15) is 0 Å². The van der Waals surface area contributed by atoms with Crippen LogP contribution in [0, 0.1) is 19.8 Å². The highest BCUT2D eigenvalue weighted by atomic mass is 16.5. The fourth-order valence-electron chi connectivity index (χ4n) is 2.49. The summed E-state index contributed by atoms with van der Waals surface area (Å²) in [5, 5.41) is 0. The van der Waals surface area contributed by atoms with Crippen LogP contribution in [0.5, 0.6) is 5.75 Å². The van der Waals surface area contributed by atoms with Crippen LogP contribution < -0.4 is 10.5 Å². The molecule has 1 aromatic carbocycles. The van der Waals surface area contributed by atoms with Gasteiger partial charge in [-0.05, 0) is 49.9 Å². The van der Waals surface area contributed by atoms with Gasteiger partial charge in [0.1, 0.15) is 5.75 Å². The highest BCUT2D eigenvalue weighted by molar-refractivity contribution is 5.43. The molecule has 0 amide bonds. The third-order valence-electron chi connectivity index (χ3n) is 3.44. The Bertz CT molecular complexity index is 374. The van der Waals surface area contributed by atoms with Crippen molar-refractivity contribution in [3.8, 4) is 5.75 Å². The van der Waals surface area contributed by atoms with E-state index in [1.165, 1.54) is 16.7 Å². The zero-order valence-electron chi connectivity index (χ0n) is 11.4. The Morgan fingerprint density at radius 2 is 2.06 bits per heavy atom. The predicted molar refractivity (Wildman–Crippen MR) is 73.1 cm³/mol. The lowest BCUT2D eigenvalue weighted by atomic mass is 10.0. The summed E-state index contributed by atoms with van der Waals surface area (Å²) in [6.45, 7) is 7.38. The van der Waals surface area contributed by atoms with Crippen LogP contribution in [0.4, 0.5) is 0 Å². The molecule has 1 aliphatic heterocycles. The maximum atomic E-state index is 5.97. The van der Waals surface area contributed by atoms with Gasteiger partial charge in [0.25, 0.3) is 0 Å². The molecule has 18 heavy (non-hydrogen) atoms. The van der Waals surface area contributed by atoms with E-state index >= 15 is 0 Å². The van der Waals surface area contributed by atoms with Crippen LogP contribution >= 0.6 is 0 Å². The Morgan fingerprint density at radius 3 is 2.61 bits per heavy atom. The van der Waals surface area contributed by atoms with Crippen LogP contribution in [0.15, 0.2) is 12.1 Å². The molecule has 3 nitrogen and oxygen atoms in total. The molecule has 1 fully saturated rings. The molecule has 1 atom stereocenters. The van der Waals surface area contributed by atoms with Gasteiger partial charge in [-0.3, -0.25) is 0 Å². The molecule has 3 heteroatoms. The molecule has 1 aromatic rings. The van der Waals surface area contributed by atoms with Crippen molar-refractivity contribution < 1.29 is 9.47 Å². The summed E-state index contributed by atoms with van der Waals surface area (Å²) in [5.41, 5.74) is 9.30. The second-order valence-corrected chi connectivity index (χ2v) is 5.14. The lowest BCUT2D eigenvalue weighted by Crippen LogP contribution is -2.13. The summed E-state index contributed by atoms with van der Waals surface area (Å²) in [7, 11) is 0. The number of ether oxygens (including phenoxy) is 2. The van der Waals surface area contributed by atoms with E-state index in [2.05, 4.69) is 26.0 Å². The molecule has 0 radical (unpaired) electrons. The minimum Gasteiger partial charge on any atom is -0.493 e. The maximum absolute atomic E-state index is 5.97. The molecule has 1 aliphatic rings. The Balaban J connectivity index is 2.02. The van der Waals surface area contributed by atoms with Crippen molar-refractivity contribution in [2.45, 2.75) is 26.7 Å². The van der Waals surface area contributed by atoms with Crippen molar-refractivity contribution >= 4 is 0 Å². The van der Waals surface area contributed by atoms with E-state index in [0.717, 1.165) is 38.4 Å². The summed E-state index contributed by atoms with van der Waals surface area (Å²) < 4.78 is 11.3. The van der Waals surface area contributed by atoms with Gasteiger partial charge < -0.3 is 15.2 Å². The van der Waals surface area contributed by atoms with Crippen molar-refractivity contribution in [3.05, 3.63) is 28.8 Å². The number of benzene rings is 1. The molecule has 0 bridgehead atoms. The maximum Gasteiger partial charge on any atom is 0.125 e. The van der Waals surface area contributed by atoms with Gasteiger partial charge in [-0.25, -0.2) is 0 Å². The molecule has 0 aromatic heterocycles. The number of hydrogen-bond donors (Lipinski definition) is 1. The largest absolute Gasteiger partial charge is 0.493 e. The minimum absolute atomic E-state index is 0.549. The van der Waals surface area contributed by atoms with Crippen LogP contribution in [-0.2, 0) is 11.2 Å². The van der Waals surface area contributed by atoms with Crippen LogP contribution in [0.1, 0.15) is 23.1 Å². The molecule has 0 spiro atoms. The highest BCUT2D eigenvalue weighted by Crippen LogP contribution is 2.26. The Labute approximate surface area is 109 Å². The summed E-state index contributed by atoms with van der Waals surface area (Å²) >= 11 is 0. The zero-order valence-corrected chi connectivity index (χ0v) is 11.4. The molecular weight excluding hydrogens is 226 g/mol. The van der Waals surface area contributed by atoms with Crippen LogP contribution in [0.3, 0.4) is 0 Å². The molecule has 1 heterocycles. The van der Waals surface area contributed by atoms with Crippen molar-refractivity contribution in [2.24, 2.45) is 11.7 Å². The summed E-state index contributed by atoms with van der Waals surface area (Å²) in [4.78, 5) is 0. The molecule has 2 rings (SSSR count). The Kier molecular flexibility index (Phi) is 4.61. The third kappa shape index (κ3) is 3.24. The van der Waals surface area contributed by atoms with E-state index in [-0.39, 0.29) is 0 Å². The molecule has 100 valence electrons. The van der Waals surface area contributed by atoms with Gasteiger partial charge in [0, 0.05) is 12.5 Å². The van der Waals surface area contributed by atoms with Gasteiger partial charge >= 0.3 is 0 Å². The Morgan fingerprint density at radius 1 is 1.33 bits per heavy atom. The lowest BCUT2D eigenvalue weighted by Gasteiger charge is -2.16. The fourth-order valence-corrected chi connectivity index (χ4v) is 2.49. The van der Waals surface area contributed by atoms with Crippen molar-refractivity contribution in [3.63, 3.8) is 0 Å². The second-order valence-electron chi connectivity index (χ2n) is 5.14. The zero-order chi connectivity index (χ0) is 13.0. The van der Waals surface area contributed by atoms with E-state index < -0.39 is 0 Å². The number of hydrogen-bond acceptors (Lipinski definition) is 3. The van der Waals surface area contributed by atoms with Crippen LogP contribution in [-0.4, -0.2) is 26.4 Å². The van der Waals surface area contributed by atoms with E-state index in [4.69, 9.17) is 15.2 Å². The lowest BCUT2D eigenvalue weighted by molar-refractivity contribution is 0.166. The SMILES string of the molecule is Cc1cc(CCN)cc(C)c1OCC1CCOC1. The first-order valence-corrected chi connectivity index (χ1v) is 6.71. The number of nitrogens with two attached hydrogens (primary N) is 1. The average Bonchev–Trinajstić information content (AvgIpc) is 2.81. The van der Waals surface area contributed by atoms with Gasteiger partial charge in [-0.15, -0.1) is 0 Å². The normalized spacial score (nSPS) is 19.2. The first-order valence-electron chi connectivity index (χ1n) is 6.71. The van der Waals surface area contributed by atoms with Gasteiger partial charge in [0.15, 0.2) is 0 Å². The van der Waals surface area contributed by atoms with Crippen molar-refractivity contribution in [2.75, 3.05) is 26.4 Å². The number of aryl methyl sites for hydroxylation is 2. The topological polar surface area (TPSA) is 44.5 Å². The predicted octanol–water partition coefficient (Wildman–Crippen LogP) is 2.22. The van der Waals surface area contributed by atoms with Crippen molar-refractivity contribution in [1.29, 1.82) is 0 Å². The van der Waals surface area contributed by atoms with E-state index in [0.29, 0.717) is 12.5 Å². The third-order valence-corrected chi connectivity index (χ3v) is 3.44.